The van der Waals surface area contributed by atoms with Crippen molar-refractivity contribution in [1.29, 1.82) is 0 Å². The number of fused-ring (bicyclic) bond motifs is 1. The zero-order valence-electron chi connectivity index (χ0n) is 23.9. The molecule has 0 unspecified atom stereocenters. The molecule has 2 heterocycles. The standard InChI is InChI=1S/C33H36N6O2/c1-22-17-26-19-29(33(40)34-30(26)18-23(22)2)31(32-35-36-37-39(32)27-11-7-8-12-27)38(20-24-9-5-4-6-10-24)21-25-13-15-28(41-3)16-14-25/h4-6,9-10,13-19,27,31H,7-8,11-12,20-21H2,1-3H3,(H,34,40)/t31-/m1/s1. The third-order valence-electron chi connectivity index (χ3n) is 8.35. The number of hydrogen-bond donors (Lipinski definition) is 1. The summed E-state index contributed by atoms with van der Waals surface area (Å²) in [5.74, 6) is 1.51. The third kappa shape index (κ3) is 5.65. The SMILES string of the molecule is COc1ccc(CN(Cc2ccccc2)[C@H](c2cc3cc(C)c(C)cc3[nH]c2=O)c2nnnn2C2CCCC2)cc1. The highest BCUT2D eigenvalue weighted by molar-refractivity contribution is 5.81. The number of hydrogen-bond acceptors (Lipinski definition) is 6. The van der Waals surface area contributed by atoms with Gasteiger partial charge in [-0.2, -0.15) is 0 Å². The first-order valence-corrected chi connectivity index (χ1v) is 14.3. The second kappa shape index (κ2) is 11.7. The summed E-state index contributed by atoms with van der Waals surface area (Å²) in [4.78, 5) is 19.4. The lowest BCUT2D eigenvalue weighted by Gasteiger charge is -2.32. The third-order valence-corrected chi connectivity index (χ3v) is 8.35. The van der Waals surface area contributed by atoms with Crippen molar-refractivity contribution in [3.63, 3.8) is 0 Å². The topological polar surface area (TPSA) is 88.9 Å². The molecule has 0 radical (unpaired) electrons. The molecule has 1 fully saturated rings. The van der Waals surface area contributed by atoms with Crippen molar-refractivity contribution in [1.82, 2.24) is 30.1 Å². The zero-order chi connectivity index (χ0) is 28.3. The van der Waals surface area contributed by atoms with E-state index in [1.54, 1.807) is 7.11 Å². The Morgan fingerprint density at radius 1 is 0.951 bits per heavy atom. The molecule has 0 saturated heterocycles. The second-order valence-electron chi connectivity index (χ2n) is 11.1. The average molecular weight is 549 g/mol. The maximum atomic E-state index is 13.9. The first-order chi connectivity index (χ1) is 20.0. The van der Waals surface area contributed by atoms with Gasteiger partial charge in [-0.15, -0.1) is 5.10 Å². The maximum absolute atomic E-state index is 13.9. The van der Waals surface area contributed by atoms with E-state index in [9.17, 15) is 4.79 Å². The number of nitrogens with one attached hydrogen (secondary N) is 1. The summed E-state index contributed by atoms with van der Waals surface area (Å²) >= 11 is 0. The summed E-state index contributed by atoms with van der Waals surface area (Å²) in [6, 6.07) is 24.4. The largest absolute Gasteiger partial charge is 0.497 e. The van der Waals surface area contributed by atoms with Crippen LogP contribution in [0.3, 0.4) is 0 Å². The molecule has 0 spiro atoms. The summed E-state index contributed by atoms with van der Waals surface area (Å²) in [6.45, 7) is 5.37. The molecule has 0 amide bonds. The van der Waals surface area contributed by atoms with Crippen molar-refractivity contribution in [2.24, 2.45) is 0 Å². The van der Waals surface area contributed by atoms with Crippen LogP contribution in [-0.4, -0.2) is 37.2 Å². The number of ether oxygens (including phenoxy) is 1. The molecule has 6 rings (SSSR count). The number of aromatic amines is 1. The van der Waals surface area contributed by atoms with Crippen LogP contribution in [0.15, 0.2) is 77.6 Å². The van der Waals surface area contributed by atoms with E-state index in [4.69, 9.17) is 4.74 Å². The Kier molecular flexibility index (Phi) is 7.65. The lowest BCUT2D eigenvalue weighted by molar-refractivity contribution is 0.190. The van der Waals surface area contributed by atoms with Gasteiger partial charge in [-0.25, -0.2) is 4.68 Å². The van der Waals surface area contributed by atoms with E-state index < -0.39 is 6.04 Å². The minimum atomic E-state index is -0.470. The lowest BCUT2D eigenvalue weighted by Crippen LogP contribution is -2.35. The molecule has 210 valence electrons. The van der Waals surface area contributed by atoms with Crippen molar-refractivity contribution >= 4 is 10.9 Å². The van der Waals surface area contributed by atoms with Crippen LogP contribution in [-0.2, 0) is 13.1 Å². The van der Waals surface area contributed by atoms with Gasteiger partial charge in [-0.05, 0) is 95.1 Å². The Morgan fingerprint density at radius 2 is 1.63 bits per heavy atom. The van der Waals surface area contributed by atoms with Crippen LogP contribution in [0.1, 0.15) is 71.4 Å². The van der Waals surface area contributed by atoms with Gasteiger partial charge in [0.05, 0.1) is 13.2 Å². The first kappa shape index (κ1) is 26.9. The van der Waals surface area contributed by atoms with E-state index in [0.29, 0.717) is 24.5 Å². The fourth-order valence-electron chi connectivity index (χ4n) is 6.01. The van der Waals surface area contributed by atoms with Crippen molar-refractivity contribution in [3.8, 4) is 5.75 Å². The molecular weight excluding hydrogens is 512 g/mol. The highest BCUT2D eigenvalue weighted by Crippen LogP contribution is 2.35. The molecule has 5 aromatic rings. The number of aryl methyl sites for hydroxylation is 2. The van der Waals surface area contributed by atoms with E-state index in [1.165, 1.54) is 5.56 Å². The molecule has 0 bridgehead atoms. The van der Waals surface area contributed by atoms with Gasteiger partial charge in [0.15, 0.2) is 5.82 Å². The zero-order valence-corrected chi connectivity index (χ0v) is 23.9. The van der Waals surface area contributed by atoms with Gasteiger partial charge in [-0.3, -0.25) is 9.69 Å². The number of pyridine rings is 1. The highest BCUT2D eigenvalue weighted by atomic mass is 16.5. The van der Waals surface area contributed by atoms with Crippen LogP contribution in [0.25, 0.3) is 10.9 Å². The Morgan fingerprint density at radius 3 is 2.34 bits per heavy atom. The fourth-order valence-corrected chi connectivity index (χ4v) is 6.01. The molecule has 1 atom stereocenters. The second-order valence-corrected chi connectivity index (χ2v) is 11.1. The molecule has 3 aromatic carbocycles. The quantitative estimate of drug-likeness (QED) is 0.241. The molecule has 0 aliphatic heterocycles. The van der Waals surface area contributed by atoms with Gasteiger partial charge >= 0.3 is 0 Å². The van der Waals surface area contributed by atoms with Gasteiger partial charge in [0.2, 0.25) is 0 Å². The van der Waals surface area contributed by atoms with E-state index >= 15 is 0 Å². The first-order valence-electron chi connectivity index (χ1n) is 14.3. The van der Waals surface area contributed by atoms with Crippen LogP contribution in [0.5, 0.6) is 5.75 Å². The molecule has 8 nitrogen and oxygen atoms in total. The van der Waals surface area contributed by atoms with Crippen LogP contribution in [0.4, 0.5) is 0 Å². The summed E-state index contributed by atoms with van der Waals surface area (Å²) in [5.41, 5.74) is 5.93. The normalized spacial score (nSPS) is 14.6. The van der Waals surface area contributed by atoms with Crippen LogP contribution >= 0.6 is 0 Å². The number of tetrazole rings is 1. The van der Waals surface area contributed by atoms with Crippen LogP contribution in [0, 0.1) is 13.8 Å². The predicted octanol–water partition coefficient (Wildman–Crippen LogP) is 6.05. The number of nitrogens with zero attached hydrogens (tertiary/aromatic N) is 5. The van der Waals surface area contributed by atoms with E-state index in [-0.39, 0.29) is 11.6 Å². The molecule has 1 aliphatic rings. The van der Waals surface area contributed by atoms with Crippen molar-refractivity contribution in [3.05, 3.63) is 117 Å². The molecule has 1 saturated carbocycles. The Labute approximate surface area is 240 Å². The summed E-state index contributed by atoms with van der Waals surface area (Å²) in [7, 11) is 1.67. The minimum absolute atomic E-state index is 0.125. The summed E-state index contributed by atoms with van der Waals surface area (Å²) in [6.07, 6.45) is 4.38. The number of aromatic nitrogens is 5. The average Bonchev–Trinajstić information content (AvgIpc) is 3.68. The molecule has 2 aromatic heterocycles. The van der Waals surface area contributed by atoms with Crippen molar-refractivity contribution in [2.45, 2.75) is 64.7 Å². The van der Waals surface area contributed by atoms with Gasteiger partial charge in [0.25, 0.3) is 5.56 Å². The number of methoxy groups -OCH3 is 1. The van der Waals surface area contributed by atoms with Gasteiger partial charge < -0.3 is 9.72 Å². The molecule has 41 heavy (non-hydrogen) atoms. The predicted molar refractivity (Wildman–Crippen MR) is 160 cm³/mol. The molecule has 1 N–H and O–H groups in total. The lowest BCUT2D eigenvalue weighted by atomic mass is 9.99. The Bertz CT molecular complexity index is 1690. The molecular formula is C33H36N6O2. The molecule has 1 aliphatic carbocycles. The summed E-state index contributed by atoms with van der Waals surface area (Å²) in [5, 5.41) is 14.2. The van der Waals surface area contributed by atoms with Gasteiger partial charge in [0.1, 0.15) is 11.8 Å². The Balaban J connectivity index is 1.53. The monoisotopic (exact) mass is 548 g/mol. The number of H-pyrrole nitrogens is 1. The van der Waals surface area contributed by atoms with Crippen molar-refractivity contribution in [2.75, 3.05) is 7.11 Å². The van der Waals surface area contributed by atoms with E-state index in [2.05, 4.69) is 69.6 Å². The number of benzene rings is 3. The van der Waals surface area contributed by atoms with Crippen molar-refractivity contribution < 1.29 is 4.74 Å². The van der Waals surface area contributed by atoms with E-state index in [1.807, 2.05) is 47.1 Å². The van der Waals surface area contributed by atoms with Crippen LogP contribution in [0.2, 0.25) is 0 Å². The minimum Gasteiger partial charge on any atom is -0.497 e. The highest BCUT2D eigenvalue weighted by Gasteiger charge is 2.33. The van der Waals surface area contributed by atoms with Crippen LogP contribution < -0.4 is 10.3 Å². The Hall–Kier alpha value is -4.30. The van der Waals surface area contributed by atoms with Gasteiger partial charge in [-0.1, -0.05) is 55.3 Å². The van der Waals surface area contributed by atoms with Gasteiger partial charge in [0, 0.05) is 24.2 Å². The maximum Gasteiger partial charge on any atom is 0.253 e. The fraction of sp³-hybridized carbons (Fsp3) is 0.333. The number of rotatable bonds is 9. The molecule has 8 heteroatoms. The van der Waals surface area contributed by atoms with E-state index in [0.717, 1.165) is 59.0 Å². The summed E-state index contributed by atoms with van der Waals surface area (Å²) < 4.78 is 7.38. The smallest absolute Gasteiger partial charge is 0.253 e.